The molecular formula is C15H25N3S. The Kier molecular flexibility index (Phi) is 5.55. The lowest BCUT2D eigenvalue weighted by molar-refractivity contribution is 0.360. The molecule has 1 aromatic rings. The van der Waals surface area contributed by atoms with Crippen molar-refractivity contribution < 1.29 is 0 Å². The fourth-order valence-electron chi connectivity index (χ4n) is 2.63. The van der Waals surface area contributed by atoms with Gasteiger partial charge in [0.15, 0.2) is 0 Å². The van der Waals surface area contributed by atoms with Crippen LogP contribution in [0, 0.1) is 0 Å². The molecule has 1 fully saturated rings. The summed E-state index contributed by atoms with van der Waals surface area (Å²) in [6, 6.07) is 6.60. The second-order valence-corrected chi connectivity index (χ2v) is 6.34. The van der Waals surface area contributed by atoms with Crippen LogP contribution in [0.15, 0.2) is 23.1 Å². The zero-order chi connectivity index (χ0) is 13.7. The van der Waals surface area contributed by atoms with Crippen molar-refractivity contribution in [3.05, 3.63) is 23.8 Å². The van der Waals surface area contributed by atoms with E-state index in [1.165, 1.54) is 29.1 Å². The molecule has 4 heteroatoms. The molecule has 1 saturated heterocycles. The standard InChI is InChI=1S/C15H25N3S/c1-3-19-15-7-4-6-14(13(15)12-16)18-9-5-8-17(2)10-11-18/h4,6-7H,3,5,8-12,16H2,1-2H3. The summed E-state index contributed by atoms with van der Waals surface area (Å²) < 4.78 is 0. The van der Waals surface area contributed by atoms with Crippen molar-refractivity contribution in [2.45, 2.75) is 24.8 Å². The largest absolute Gasteiger partial charge is 0.370 e. The molecule has 0 atom stereocenters. The Morgan fingerprint density at radius 1 is 1.21 bits per heavy atom. The number of thioether (sulfide) groups is 1. The van der Waals surface area contributed by atoms with Gasteiger partial charge in [0.2, 0.25) is 0 Å². The molecule has 2 rings (SSSR count). The van der Waals surface area contributed by atoms with Gasteiger partial charge in [-0.3, -0.25) is 0 Å². The Labute approximate surface area is 121 Å². The highest BCUT2D eigenvalue weighted by Crippen LogP contribution is 2.31. The van der Waals surface area contributed by atoms with Crippen LogP contribution in [0.3, 0.4) is 0 Å². The third-order valence-corrected chi connectivity index (χ3v) is 4.65. The first kappa shape index (κ1) is 14.7. The van der Waals surface area contributed by atoms with Gasteiger partial charge in [0, 0.05) is 42.3 Å². The zero-order valence-electron chi connectivity index (χ0n) is 12.1. The first-order valence-electron chi connectivity index (χ1n) is 7.14. The van der Waals surface area contributed by atoms with Crippen LogP contribution in [-0.2, 0) is 6.54 Å². The van der Waals surface area contributed by atoms with Gasteiger partial charge in [-0.05, 0) is 37.9 Å². The molecule has 0 spiro atoms. The highest BCUT2D eigenvalue weighted by Gasteiger charge is 2.16. The van der Waals surface area contributed by atoms with E-state index in [0.717, 1.165) is 25.4 Å². The summed E-state index contributed by atoms with van der Waals surface area (Å²) in [6.07, 6.45) is 1.23. The van der Waals surface area contributed by atoms with E-state index in [4.69, 9.17) is 5.73 Å². The summed E-state index contributed by atoms with van der Waals surface area (Å²) in [6.45, 7) is 7.39. The number of nitrogens with zero attached hydrogens (tertiary/aromatic N) is 2. The normalized spacial score (nSPS) is 17.5. The van der Waals surface area contributed by atoms with Crippen molar-refractivity contribution in [2.24, 2.45) is 5.73 Å². The molecule has 0 aromatic heterocycles. The van der Waals surface area contributed by atoms with E-state index in [-0.39, 0.29) is 0 Å². The van der Waals surface area contributed by atoms with Gasteiger partial charge in [0.1, 0.15) is 0 Å². The Balaban J connectivity index is 2.25. The molecule has 2 N–H and O–H groups in total. The quantitative estimate of drug-likeness (QED) is 0.858. The number of hydrogen-bond acceptors (Lipinski definition) is 4. The molecule has 0 radical (unpaired) electrons. The van der Waals surface area contributed by atoms with Gasteiger partial charge in [-0.25, -0.2) is 0 Å². The van der Waals surface area contributed by atoms with Crippen LogP contribution in [0.5, 0.6) is 0 Å². The summed E-state index contributed by atoms with van der Waals surface area (Å²) in [5.74, 6) is 1.10. The van der Waals surface area contributed by atoms with Crippen molar-refractivity contribution in [3.8, 4) is 0 Å². The molecule has 0 unspecified atom stereocenters. The van der Waals surface area contributed by atoms with Gasteiger partial charge >= 0.3 is 0 Å². The summed E-state index contributed by atoms with van der Waals surface area (Å²) in [5.41, 5.74) is 8.67. The maximum Gasteiger partial charge on any atom is 0.0423 e. The van der Waals surface area contributed by atoms with E-state index in [9.17, 15) is 0 Å². The van der Waals surface area contributed by atoms with E-state index in [1.54, 1.807) is 0 Å². The highest BCUT2D eigenvalue weighted by molar-refractivity contribution is 7.99. The third-order valence-electron chi connectivity index (χ3n) is 3.67. The lowest BCUT2D eigenvalue weighted by Crippen LogP contribution is -2.29. The number of anilines is 1. The second kappa shape index (κ2) is 7.17. The van der Waals surface area contributed by atoms with Gasteiger partial charge in [0.05, 0.1) is 0 Å². The average molecular weight is 279 g/mol. The Morgan fingerprint density at radius 3 is 2.79 bits per heavy atom. The highest BCUT2D eigenvalue weighted by atomic mass is 32.2. The summed E-state index contributed by atoms with van der Waals surface area (Å²) >= 11 is 1.89. The van der Waals surface area contributed by atoms with Crippen LogP contribution in [-0.4, -0.2) is 43.9 Å². The minimum absolute atomic E-state index is 0.630. The van der Waals surface area contributed by atoms with E-state index in [2.05, 4.69) is 42.0 Å². The van der Waals surface area contributed by atoms with E-state index in [0.29, 0.717) is 6.54 Å². The minimum Gasteiger partial charge on any atom is -0.370 e. The summed E-state index contributed by atoms with van der Waals surface area (Å²) in [4.78, 5) is 6.26. The van der Waals surface area contributed by atoms with Crippen molar-refractivity contribution in [3.63, 3.8) is 0 Å². The molecule has 3 nitrogen and oxygen atoms in total. The third kappa shape index (κ3) is 3.65. The molecule has 1 aliphatic heterocycles. The van der Waals surface area contributed by atoms with Gasteiger partial charge in [-0.15, -0.1) is 11.8 Å². The van der Waals surface area contributed by atoms with Crippen LogP contribution in [0.4, 0.5) is 5.69 Å². The van der Waals surface area contributed by atoms with Crippen LogP contribution in [0.1, 0.15) is 18.9 Å². The Morgan fingerprint density at radius 2 is 2.05 bits per heavy atom. The molecule has 1 aromatic carbocycles. The molecule has 1 heterocycles. The smallest absolute Gasteiger partial charge is 0.0423 e. The molecule has 1 aliphatic rings. The number of nitrogens with two attached hydrogens (primary N) is 1. The summed E-state index contributed by atoms with van der Waals surface area (Å²) in [7, 11) is 2.21. The van der Waals surface area contributed by atoms with Crippen molar-refractivity contribution >= 4 is 17.4 Å². The lowest BCUT2D eigenvalue weighted by Gasteiger charge is -2.26. The Bertz CT molecular complexity index is 408. The Hall–Kier alpha value is -0.710. The van der Waals surface area contributed by atoms with E-state index in [1.807, 2.05) is 11.8 Å². The topological polar surface area (TPSA) is 32.5 Å². The van der Waals surface area contributed by atoms with Crippen LogP contribution < -0.4 is 10.6 Å². The SMILES string of the molecule is CCSc1cccc(N2CCCN(C)CC2)c1CN. The molecular weight excluding hydrogens is 254 g/mol. The molecule has 0 bridgehead atoms. The lowest BCUT2D eigenvalue weighted by atomic mass is 10.1. The van der Waals surface area contributed by atoms with Crippen LogP contribution >= 0.6 is 11.8 Å². The maximum absolute atomic E-state index is 6.00. The predicted molar refractivity (Wildman–Crippen MR) is 85.1 cm³/mol. The molecule has 0 amide bonds. The monoisotopic (exact) mass is 279 g/mol. The number of benzene rings is 1. The van der Waals surface area contributed by atoms with Crippen molar-refractivity contribution in [1.29, 1.82) is 0 Å². The molecule has 106 valence electrons. The summed E-state index contributed by atoms with van der Waals surface area (Å²) in [5, 5.41) is 0. The van der Waals surface area contributed by atoms with Gasteiger partial charge in [-0.2, -0.15) is 0 Å². The van der Waals surface area contributed by atoms with Crippen molar-refractivity contribution in [1.82, 2.24) is 4.90 Å². The zero-order valence-corrected chi connectivity index (χ0v) is 12.9. The molecule has 0 saturated carbocycles. The fraction of sp³-hybridized carbons (Fsp3) is 0.600. The first-order valence-corrected chi connectivity index (χ1v) is 8.13. The maximum atomic E-state index is 6.00. The predicted octanol–water partition coefficient (Wildman–Crippen LogP) is 2.40. The van der Waals surface area contributed by atoms with E-state index < -0.39 is 0 Å². The average Bonchev–Trinajstić information content (AvgIpc) is 2.64. The fourth-order valence-corrected chi connectivity index (χ4v) is 3.48. The van der Waals surface area contributed by atoms with Gasteiger partial charge < -0.3 is 15.5 Å². The van der Waals surface area contributed by atoms with Gasteiger partial charge in [-0.1, -0.05) is 13.0 Å². The van der Waals surface area contributed by atoms with Crippen LogP contribution in [0.2, 0.25) is 0 Å². The minimum atomic E-state index is 0.630. The second-order valence-electron chi connectivity index (χ2n) is 5.03. The van der Waals surface area contributed by atoms with Crippen LogP contribution in [0.25, 0.3) is 0 Å². The molecule has 19 heavy (non-hydrogen) atoms. The van der Waals surface area contributed by atoms with Gasteiger partial charge in [0.25, 0.3) is 0 Å². The van der Waals surface area contributed by atoms with Crippen molar-refractivity contribution in [2.75, 3.05) is 43.9 Å². The molecule has 0 aliphatic carbocycles. The number of likely N-dealkylation sites (N-methyl/N-ethyl adjacent to an activating group) is 1. The first-order chi connectivity index (χ1) is 9.26. The number of rotatable bonds is 4. The number of hydrogen-bond donors (Lipinski definition) is 1. The van der Waals surface area contributed by atoms with E-state index >= 15 is 0 Å².